The van der Waals surface area contributed by atoms with Crippen molar-refractivity contribution in [3.8, 4) is 0 Å². The minimum Gasteiger partial charge on any atom is -0.278 e. The van der Waals surface area contributed by atoms with Crippen LogP contribution in [-0.2, 0) is 17.1 Å². The fourth-order valence-electron chi connectivity index (χ4n) is 1.56. The van der Waals surface area contributed by atoms with Crippen LogP contribution >= 0.6 is 23.2 Å². The summed E-state index contributed by atoms with van der Waals surface area (Å²) in [7, 11) is -2.25. The van der Waals surface area contributed by atoms with E-state index in [0.717, 1.165) is 0 Å². The van der Waals surface area contributed by atoms with Gasteiger partial charge >= 0.3 is 0 Å². The van der Waals surface area contributed by atoms with E-state index < -0.39 is 10.0 Å². The minimum absolute atomic E-state index is 0.0481. The molecule has 0 fully saturated rings. The zero-order chi connectivity index (χ0) is 14.2. The lowest BCUT2D eigenvalue weighted by Crippen LogP contribution is -2.14. The second kappa shape index (κ2) is 4.99. The molecule has 0 saturated heterocycles. The SMILES string of the molecule is Cc1nn(C)c(Cl)c1S(=O)(=O)Nc1ccc(Cl)nc1. The molecule has 6 nitrogen and oxygen atoms in total. The van der Waals surface area contributed by atoms with Crippen molar-refractivity contribution in [1.82, 2.24) is 14.8 Å². The summed E-state index contributed by atoms with van der Waals surface area (Å²) < 4.78 is 28.1. The van der Waals surface area contributed by atoms with Gasteiger partial charge in [-0.25, -0.2) is 13.4 Å². The number of nitrogens with zero attached hydrogens (tertiary/aromatic N) is 3. The molecule has 0 bridgehead atoms. The van der Waals surface area contributed by atoms with Gasteiger partial charge in [0.2, 0.25) is 0 Å². The highest BCUT2D eigenvalue weighted by atomic mass is 35.5. The van der Waals surface area contributed by atoms with E-state index >= 15 is 0 Å². The zero-order valence-corrected chi connectivity index (χ0v) is 12.4. The Hall–Kier alpha value is -1.31. The van der Waals surface area contributed by atoms with Gasteiger partial charge in [0, 0.05) is 7.05 Å². The standard InChI is InChI=1S/C10H10Cl2N4O2S/c1-6-9(10(12)16(2)14-6)19(17,18)15-7-3-4-8(11)13-5-7/h3-5,15H,1-2H3. The Labute approximate surface area is 120 Å². The molecule has 19 heavy (non-hydrogen) atoms. The van der Waals surface area contributed by atoms with E-state index in [4.69, 9.17) is 23.2 Å². The molecule has 0 aliphatic rings. The first-order valence-corrected chi connectivity index (χ1v) is 7.38. The van der Waals surface area contributed by atoms with Crippen molar-refractivity contribution in [2.45, 2.75) is 11.8 Å². The molecule has 0 radical (unpaired) electrons. The van der Waals surface area contributed by atoms with Crippen molar-refractivity contribution in [3.05, 3.63) is 34.3 Å². The van der Waals surface area contributed by atoms with Gasteiger partial charge in [-0.05, 0) is 19.1 Å². The molecule has 2 aromatic heterocycles. The van der Waals surface area contributed by atoms with Crippen molar-refractivity contribution >= 4 is 38.9 Å². The Morgan fingerprint density at radius 1 is 1.32 bits per heavy atom. The van der Waals surface area contributed by atoms with Crippen molar-refractivity contribution in [3.63, 3.8) is 0 Å². The fraction of sp³-hybridized carbons (Fsp3) is 0.200. The van der Waals surface area contributed by atoms with Crippen LogP contribution in [-0.4, -0.2) is 23.2 Å². The maximum atomic E-state index is 12.2. The highest BCUT2D eigenvalue weighted by Gasteiger charge is 2.25. The van der Waals surface area contributed by atoms with Crippen LogP contribution in [0.2, 0.25) is 10.3 Å². The summed E-state index contributed by atoms with van der Waals surface area (Å²) in [5, 5.41) is 4.29. The number of sulfonamides is 1. The van der Waals surface area contributed by atoms with Gasteiger partial charge < -0.3 is 0 Å². The smallest absolute Gasteiger partial charge is 0.266 e. The lowest BCUT2D eigenvalue weighted by molar-refractivity contribution is 0.600. The predicted molar refractivity (Wildman–Crippen MR) is 73.0 cm³/mol. The Morgan fingerprint density at radius 2 is 2.00 bits per heavy atom. The maximum Gasteiger partial charge on any atom is 0.266 e. The number of aryl methyl sites for hydroxylation is 2. The van der Waals surface area contributed by atoms with Gasteiger partial charge in [-0.2, -0.15) is 5.10 Å². The molecule has 2 aromatic rings. The van der Waals surface area contributed by atoms with Crippen molar-refractivity contribution in [1.29, 1.82) is 0 Å². The molecule has 0 atom stereocenters. The average Bonchev–Trinajstić information content (AvgIpc) is 2.56. The molecule has 1 N–H and O–H groups in total. The first-order valence-electron chi connectivity index (χ1n) is 5.15. The Balaban J connectivity index is 2.40. The van der Waals surface area contributed by atoms with Crippen LogP contribution in [0.1, 0.15) is 5.69 Å². The van der Waals surface area contributed by atoms with Crippen LogP contribution in [0.5, 0.6) is 0 Å². The molecule has 2 heterocycles. The van der Waals surface area contributed by atoms with Gasteiger partial charge in [-0.15, -0.1) is 0 Å². The third kappa shape index (κ3) is 2.83. The first kappa shape index (κ1) is 14.1. The quantitative estimate of drug-likeness (QED) is 0.880. The van der Waals surface area contributed by atoms with Gasteiger partial charge in [0.1, 0.15) is 15.2 Å². The molecular formula is C10H10Cl2N4O2S. The number of pyridine rings is 1. The van der Waals surface area contributed by atoms with Crippen LogP contribution in [0.3, 0.4) is 0 Å². The molecule has 0 unspecified atom stereocenters. The van der Waals surface area contributed by atoms with Gasteiger partial charge in [-0.3, -0.25) is 9.40 Å². The minimum atomic E-state index is -3.82. The third-order valence-corrected chi connectivity index (χ3v) is 4.65. The number of anilines is 1. The van der Waals surface area contributed by atoms with E-state index in [0.29, 0.717) is 11.4 Å². The van der Waals surface area contributed by atoms with Crippen LogP contribution in [0, 0.1) is 6.92 Å². The monoisotopic (exact) mass is 320 g/mol. The molecule has 0 aromatic carbocycles. The van der Waals surface area contributed by atoms with E-state index in [-0.39, 0.29) is 15.2 Å². The molecule has 0 aliphatic carbocycles. The topological polar surface area (TPSA) is 76.9 Å². The summed E-state index contributed by atoms with van der Waals surface area (Å²) in [5.74, 6) is 0. The Morgan fingerprint density at radius 3 is 2.47 bits per heavy atom. The van der Waals surface area contributed by atoms with E-state index in [1.165, 1.54) is 23.0 Å². The normalized spacial score (nSPS) is 11.6. The molecule has 0 aliphatic heterocycles. The summed E-state index contributed by atoms with van der Waals surface area (Å²) in [4.78, 5) is 3.74. The lowest BCUT2D eigenvalue weighted by Gasteiger charge is -2.07. The number of halogens is 2. The van der Waals surface area contributed by atoms with E-state index in [9.17, 15) is 8.42 Å². The van der Waals surface area contributed by atoms with E-state index in [1.807, 2.05) is 0 Å². The zero-order valence-electron chi connectivity index (χ0n) is 10.1. The molecule has 0 spiro atoms. The number of hydrogen-bond acceptors (Lipinski definition) is 4. The van der Waals surface area contributed by atoms with Gasteiger partial charge in [0.15, 0.2) is 0 Å². The second-order valence-corrected chi connectivity index (χ2v) is 6.17. The van der Waals surface area contributed by atoms with Crippen LogP contribution in [0.15, 0.2) is 23.2 Å². The third-order valence-electron chi connectivity index (χ3n) is 2.35. The number of hydrogen-bond donors (Lipinski definition) is 1. The summed E-state index contributed by atoms with van der Waals surface area (Å²) in [6, 6.07) is 2.99. The van der Waals surface area contributed by atoms with Crippen molar-refractivity contribution in [2.24, 2.45) is 7.05 Å². The van der Waals surface area contributed by atoms with Crippen LogP contribution in [0.4, 0.5) is 5.69 Å². The molecule has 9 heteroatoms. The Bertz CT molecular complexity index is 710. The summed E-state index contributed by atoms with van der Waals surface area (Å²) in [6.45, 7) is 1.57. The first-order chi connectivity index (χ1) is 8.81. The average molecular weight is 321 g/mol. The second-order valence-electron chi connectivity index (χ2n) is 3.80. The summed E-state index contributed by atoms with van der Waals surface area (Å²) >= 11 is 11.6. The maximum absolute atomic E-state index is 12.2. The van der Waals surface area contributed by atoms with Crippen LogP contribution in [0.25, 0.3) is 0 Å². The molecule has 0 amide bonds. The van der Waals surface area contributed by atoms with Gasteiger partial charge in [0.25, 0.3) is 10.0 Å². The van der Waals surface area contributed by atoms with E-state index in [1.54, 1.807) is 14.0 Å². The predicted octanol–water partition coefficient (Wildman–Crippen LogP) is 2.23. The molecular weight excluding hydrogens is 311 g/mol. The lowest BCUT2D eigenvalue weighted by atomic mass is 10.4. The highest BCUT2D eigenvalue weighted by molar-refractivity contribution is 7.92. The fourth-order valence-corrected chi connectivity index (χ4v) is 3.47. The number of rotatable bonds is 3. The summed E-state index contributed by atoms with van der Waals surface area (Å²) in [5.41, 5.74) is 0.616. The number of aromatic nitrogens is 3. The van der Waals surface area contributed by atoms with E-state index in [2.05, 4.69) is 14.8 Å². The molecule has 102 valence electrons. The molecule has 2 rings (SSSR count). The molecule has 0 saturated carbocycles. The van der Waals surface area contributed by atoms with Crippen molar-refractivity contribution in [2.75, 3.05) is 4.72 Å². The largest absolute Gasteiger partial charge is 0.278 e. The van der Waals surface area contributed by atoms with Crippen molar-refractivity contribution < 1.29 is 8.42 Å². The van der Waals surface area contributed by atoms with Gasteiger partial charge in [-0.1, -0.05) is 23.2 Å². The summed E-state index contributed by atoms with van der Waals surface area (Å²) in [6.07, 6.45) is 1.32. The number of nitrogens with one attached hydrogen (secondary N) is 1. The van der Waals surface area contributed by atoms with Gasteiger partial charge in [0.05, 0.1) is 17.6 Å². The Kier molecular flexibility index (Phi) is 3.71. The highest BCUT2D eigenvalue weighted by Crippen LogP contribution is 2.26. The van der Waals surface area contributed by atoms with Crippen LogP contribution < -0.4 is 4.72 Å².